The lowest BCUT2D eigenvalue weighted by atomic mass is 9.97. The van der Waals surface area contributed by atoms with E-state index in [1.165, 1.54) is 0 Å². The molecule has 0 saturated carbocycles. The van der Waals surface area contributed by atoms with Gasteiger partial charge in [-0.05, 0) is 48.7 Å². The standard InChI is InChI=1S/C22H26N4O2/c1-17(27)26-10-4-5-18-15-19(7-8-20(18)26)21(28)16-24-11-13-25(14-12-24)22-6-2-3-9-23-22/h2-3,6-9,15H,4-5,10-14,16H2,1H3. The van der Waals surface area contributed by atoms with Crippen LogP contribution in [-0.4, -0.2) is 60.8 Å². The predicted molar refractivity (Wildman–Crippen MR) is 110 cm³/mol. The first kappa shape index (κ1) is 18.6. The van der Waals surface area contributed by atoms with E-state index >= 15 is 0 Å². The van der Waals surface area contributed by atoms with Crippen molar-refractivity contribution in [3.63, 3.8) is 0 Å². The van der Waals surface area contributed by atoms with Crippen LogP contribution in [0.15, 0.2) is 42.6 Å². The van der Waals surface area contributed by atoms with Crippen molar-refractivity contribution in [1.82, 2.24) is 9.88 Å². The zero-order valence-electron chi connectivity index (χ0n) is 16.3. The molecule has 3 heterocycles. The molecule has 2 aliphatic rings. The van der Waals surface area contributed by atoms with Crippen LogP contribution in [0.1, 0.15) is 29.3 Å². The fourth-order valence-corrected chi connectivity index (χ4v) is 4.07. The Bertz CT molecular complexity index is 860. The van der Waals surface area contributed by atoms with Crippen molar-refractivity contribution >= 4 is 23.2 Å². The summed E-state index contributed by atoms with van der Waals surface area (Å²) in [4.78, 5) is 35.3. The Hall–Kier alpha value is -2.73. The molecular formula is C22H26N4O2. The Kier molecular flexibility index (Phi) is 5.39. The van der Waals surface area contributed by atoms with Gasteiger partial charge in [-0.15, -0.1) is 0 Å². The molecule has 0 spiro atoms. The van der Waals surface area contributed by atoms with Crippen LogP contribution in [0.25, 0.3) is 0 Å². The summed E-state index contributed by atoms with van der Waals surface area (Å²) < 4.78 is 0. The van der Waals surface area contributed by atoms with Crippen LogP contribution in [0.3, 0.4) is 0 Å². The van der Waals surface area contributed by atoms with E-state index in [2.05, 4.69) is 14.8 Å². The average Bonchev–Trinajstić information content (AvgIpc) is 2.74. The van der Waals surface area contributed by atoms with Gasteiger partial charge in [-0.3, -0.25) is 14.5 Å². The Morgan fingerprint density at radius 2 is 1.86 bits per heavy atom. The molecule has 2 aromatic rings. The normalized spacial score (nSPS) is 17.3. The van der Waals surface area contributed by atoms with Gasteiger partial charge < -0.3 is 9.80 Å². The second kappa shape index (κ2) is 8.10. The molecule has 1 aromatic heterocycles. The van der Waals surface area contributed by atoms with Crippen LogP contribution in [0, 0.1) is 0 Å². The smallest absolute Gasteiger partial charge is 0.223 e. The largest absolute Gasteiger partial charge is 0.354 e. The third kappa shape index (κ3) is 3.92. The maximum Gasteiger partial charge on any atom is 0.223 e. The van der Waals surface area contributed by atoms with Crippen molar-refractivity contribution in [1.29, 1.82) is 0 Å². The van der Waals surface area contributed by atoms with E-state index in [0.29, 0.717) is 6.54 Å². The fraction of sp³-hybridized carbons (Fsp3) is 0.409. The molecule has 2 aliphatic heterocycles. The predicted octanol–water partition coefficient (Wildman–Crippen LogP) is 2.39. The number of hydrogen-bond donors (Lipinski definition) is 0. The molecule has 28 heavy (non-hydrogen) atoms. The van der Waals surface area contributed by atoms with Crippen LogP contribution in [0.2, 0.25) is 0 Å². The number of fused-ring (bicyclic) bond motifs is 1. The molecular weight excluding hydrogens is 352 g/mol. The minimum absolute atomic E-state index is 0.0609. The van der Waals surface area contributed by atoms with Gasteiger partial charge in [-0.25, -0.2) is 4.98 Å². The van der Waals surface area contributed by atoms with Gasteiger partial charge in [0, 0.05) is 57.1 Å². The number of rotatable bonds is 4. The van der Waals surface area contributed by atoms with Crippen molar-refractivity contribution in [3.05, 3.63) is 53.7 Å². The highest BCUT2D eigenvalue weighted by Gasteiger charge is 2.23. The number of nitrogens with zero attached hydrogens (tertiary/aromatic N) is 4. The topological polar surface area (TPSA) is 56.8 Å². The molecule has 1 fully saturated rings. The van der Waals surface area contributed by atoms with Gasteiger partial charge in [0.15, 0.2) is 5.78 Å². The van der Waals surface area contributed by atoms with Gasteiger partial charge in [-0.2, -0.15) is 0 Å². The first-order valence-corrected chi connectivity index (χ1v) is 9.94. The molecule has 1 aromatic carbocycles. The number of aryl methyl sites for hydroxylation is 1. The molecule has 4 rings (SSSR count). The first-order valence-electron chi connectivity index (χ1n) is 9.94. The number of ketones is 1. The molecule has 0 bridgehead atoms. The maximum absolute atomic E-state index is 12.8. The minimum Gasteiger partial charge on any atom is -0.354 e. The van der Waals surface area contributed by atoms with E-state index in [1.807, 2.05) is 47.5 Å². The second-order valence-corrected chi connectivity index (χ2v) is 7.49. The van der Waals surface area contributed by atoms with E-state index in [1.54, 1.807) is 6.92 Å². The van der Waals surface area contributed by atoms with Gasteiger partial charge in [0.1, 0.15) is 5.82 Å². The summed E-state index contributed by atoms with van der Waals surface area (Å²) in [7, 11) is 0. The van der Waals surface area contributed by atoms with Crippen molar-refractivity contribution in [2.24, 2.45) is 0 Å². The van der Waals surface area contributed by atoms with E-state index < -0.39 is 0 Å². The molecule has 146 valence electrons. The lowest BCUT2D eigenvalue weighted by molar-refractivity contribution is -0.116. The Labute approximate surface area is 165 Å². The van der Waals surface area contributed by atoms with Crippen molar-refractivity contribution in [3.8, 4) is 0 Å². The first-order chi connectivity index (χ1) is 13.6. The summed E-state index contributed by atoms with van der Waals surface area (Å²) in [6.45, 7) is 6.25. The third-order valence-corrected chi connectivity index (χ3v) is 5.61. The van der Waals surface area contributed by atoms with Crippen molar-refractivity contribution in [2.75, 3.05) is 49.1 Å². The highest BCUT2D eigenvalue weighted by atomic mass is 16.2. The van der Waals surface area contributed by atoms with Gasteiger partial charge in [0.25, 0.3) is 0 Å². The number of Topliss-reactive ketones (excluding diaryl/α,β-unsaturated/α-hetero) is 1. The SMILES string of the molecule is CC(=O)N1CCCc2cc(C(=O)CN3CCN(c4ccccn4)CC3)ccc21. The average molecular weight is 378 g/mol. The number of hydrogen-bond acceptors (Lipinski definition) is 5. The summed E-state index contributed by atoms with van der Waals surface area (Å²) in [5, 5.41) is 0. The number of piperazine rings is 1. The molecule has 0 unspecified atom stereocenters. The van der Waals surface area contributed by atoms with Crippen molar-refractivity contribution < 1.29 is 9.59 Å². The monoisotopic (exact) mass is 378 g/mol. The molecule has 6 nitrogen and oxygen atoms in total. The minimum atomic E-state index is 0.0609. The lowest BCUT2D eigenvalue weighted by Crippen LogP contribution is -2.48. The molecule has 0 aliphatic carbocycles. The van der Waals surface area contributed by atoms with E-state index in [-0.39, 0.29) is 11.7 Å². The summed E-state index contributed by atoms with van der Waals surface area (Å²) >= 11 is 0. The van der Waals surface area contributed by atoms with Crippen LogP contribution in [0.4, 0.5) is 11.5 Å². The lowest BCUT2D eigenvalue weighted by Gasteiger charge is -2.35. The quantitative estimate of drug-likeness (QED) is 0.765. The molecule has 0 atom stereocenters. The molecule has 6 heteroatoms. The molecule has 1 saturated heterocycles. The Balaban J connectivity index is 1.38. The van der Waals surface area contributed by atoms with E-state index in [0.717, 1.165) is 68.2 Å². The molecule has 0 N–H and O–H groups in total. The van der Waals surface area contributed by atoms with Gasteiger partial charge in [0.05, 0.1) is 6.54 Å². The number of carbonyl (C=O) groups excluding carboxylic acids is 2. The van der Waals surface area contributed by atoms with E-state index in [4.69, 9.17) is 0 Å². The van der Waals surface area contributed by atoms with E-state index in [9.17, 15) is 9.59 Å². The number of carbonyl (C=O) groups is 2. The zero-order valence-corrected chi connectivity index (χ0v) is 16.3. The second-order valence-electron chi connectivity index (χ2n) is 7.49. The van der Waals surface area contributed by atoms with Crippen LogP contribution in [-0.2, 0) is 11.2 Å². The van der Waals surface area contributed by atoms with Crippen LogP contribution < -0.4 is 9.80 Å². The Morgan fingerprint density at radius 1 is 1.04 bits per heavy atom. The maximum atomic E-state index is 12.8. The van der Waals surface area contributed by atoms with Crippen molar-refractivity contribution in [2.45, 2.75) is 19.8 Å². The summed E-state index contributed by atoms with van der Waals surface area (Å²) in [5.74, 6) is 1.21. The summed E-state index contributed by atoms with van der Waals surface area (Å²) in [6.07, 6.45) is 3.68. The molecule has 0 radical (unpaired) electrons. The van der Waals surface area contributed by atoms with Gasteiger partial charge >= 0.3 is 0 Å². The van der Waals surface area contributed by atoms with Gasteiger partial charge in [0.2, 0.25) is 5.91 Å². The van der Waals surface area contributed by atoms with Crippen LogP contribution >= 0.6 is 0 Å². The number of amides is 1. The highest BCUT2D eigenvalue weighted by Crippen LogP contribution is 2.28. The number of benzene rings is 1. The third-order valence-electron chi connectivity index (χ3n) is 5.61. The zero-order chi connectivity index (χ0) is 19.5. The van der Waals surface area contributed by atoms with Crippen LogP contribution in [0.5, 0.6) is 0 Å². The summed E-state index contributed by atoms with van der Waals surface area (Å²) in [6, 6.07) is 11.7. The Morgan fingerprint density at radius 3 is 2.57 bits per heavy atom. The highest BCUT2D eigenvalue weighted by molar-refractivity contribution is 5.99. The molecule has 1 amide bonds. The van der Waals surface area contributed by atoms with Gasteiger partial charge in [-0.1, -0.05) is 6.07 Å². The summed E-state index contributed by atoms with van der Waals surface area (Å²) in [5.41, 5.74) is 2.81. The number of aromatic nitrogens is 1. The fourth-order valence-electron chi connectivity index (χ4n) is 4.07. The number of anilines is 2. The number of pyridine rings is 1.